The highest BCUT2D eigenvalue weighted by molar-refractivity contribution is 5.96. The Labute approximate surface area is 117 Å². The summed E-state index contributed by atoms with van der Waals surface area (Å²) >= 11 is 0. The summed E-state index contributed by atoms with van der Waals surface area (Å²) in [4.78, 5) is 11.6. The van der Waals surface area contributed by atoms with Gasteiger partial charge in [0, 0.05) is 0 Å². The number of nitrogens with one attached hydrogen (secondary N) is 1. The Balaban J connectivity index is 1.83. The maximum Gasteiger partial charge on any atom is 0.277 e. The van der Waals surface area contributed by atoms with E-state index in [0.717, 1.165) is 5.76 Å². The van der Waals surface area contributed by atoms with Gasteiger partial charge in [0.05, 0.1) is 0 Å². The monoisotopic (exact) mass is 272 g/mol. The highest BCUT2D eigenvalue weighted by Gasteiger charge is 2.05. The van der Waals surface area contributed by atoms with E-state index in [-0.39, 0.29) is 12.5 Å². The number of aryl methyl sites for hydroxylation is 1. The van der Waals surface area contributed by atoms with Crippen molar-refractivity contribution in [3.63, 3.8) is 0 Å². The van der Waals surface area contributed by atoms with Gasteiger partial charge >= 0.3 is 0 Å². The Morgan fingerprint density at radius 2 is 2.00 bits per heavy atom. The van der Waals surface area contributed by atoms with Crippen molar-refractivity contribution >= 4 is 11.6 Å². The van der Waals surface area contributed by atoms with E-state index in [2.05, 4.69) is 10.5 Å². The molecule has 1 heterocycles. The molecule has 2 aromatic rings. The van der Waals surface area contributed by atoms with Crippen molar-refractivity contribution in [2.24, 2.45) is 5.10 Å². The van der Waals surface area contributed by atoms with Crippen LogP contribution in [0.15, 0.2) is 52.0 Å². The molecule has 1 aromatic carbocycles. The van der Waals surface area contributed by atoms with Gasteiger partial charge in [0.25, 0.3) is 5.91 Å². The van der Waals surface area contributed by atoms with Crippen LogP contribution in [0.5, 0.6) is 5.75 Å². The number of benzene rings is 1. The van der Waals surface area contributed by atoms with Crippen molar-refractivity contribution in [2.45, 2.75) is 13.8 Å². The summed E-state index contributed by atoms with van der Waals surface area (Å²) in [5.41, 5.74) is 3.03. The molecule has 0 fully saturated rings. The Morgan fingerprint density at radius 1 is 1.25 bits per heavy atom. The van der Waals surface area contributed by atoms with Crippen LogP contribution in [0.3, 0.4) is 0 Å². The van der Waals surface area contributed by atoms with Gasteiger partial charge in [-0.2, -0.15) is 5.10 Å². The standard InChI is InChI=1S/C15H16N2O3/c1-11-8-9-14(20-11)12(2)16-17-15(18)10-19-13-6-4-3-5-7-13/h3-9H,10H2,1-2H3,(H,17,18)/b16-12+. The number of nitrogens with zero attached hydrogens (tertiary/aromatic N) is 1. The van der Waals surface area contributed by atoms with Crippen LogP contribution >= 0.6 is 0 Å². The first-order valence-corrected chi connectivity index (χ1v) is 6.23. The lowest BCUT2D eigenvalue weighted by atomic mass is 10.3. The SMILES string of the molecule is C/C(=N\NC(=O)COc1ccccc1)c1ccc(C)o1. The number of hydrazone groups is 1. The predicted octanol–water partition coefficient (Wildman–Crippen LogP) is 2.51. The van der Waals surface area contributed by atoms with Gasteiger partial charge in [0.2, 0.25) is 0 Å². The number of carbonyl (C=O) groups excluding carboxylic acids is 1. The van der Waals surface area contributed by atoms with E-state index in [9.17, 15) is 4.79 Å². The minimum Gasteiger partial charge on any atom is -0.484 e. The van der Waals surface area contributed by atoms with Crippen LogP contribution in [-0.4, -0.2) is 18.2 Å². The van der Waals surface area contributed by atoms with Crippen LogP contribution < -0.4 is 10.2 Å². The summed E-state index contributed by atoms with van der Waals surface area (Å²) in [7, 11) is 0. The average molecular weight is 272 g/mol. The quantitative estimate of drug-likeness (QED) is 0.672. The summed E-state index contributed by atoms with van der Waals surface area (Å²) in [6.07, 6.45) is 0. The van der Waals surface area contributed by atoms with Crippen LogP contribution in [-0.2, 0) is 4.79 Å². The van der Waals surface area contributed by atoms with Gasteiger partial charge < -0.3 is 9.15 Å². The van der Waals surface area contributed by atoms with E-state index >= 15 is 0 Å². The lowest BCUT2D eigenvalue weighted by Crippen LogP contribution is -2.25. The van der Waals surface area contributed by atoms with Crippen molar-refractivity contribution in [3.8, 4) is 5.75 Å². The minimum absolute atomic E-state index is 0.0853. The number of para-hydroxylation sites is 1. The van der Waals surface area contributed by atoms with Crippen molar-refractivity contribution in [1.82, 2.24) is 5.43 Å². The highest BCUT2D eigenvalue weighted by Crippen LogP contribution is 2.08. The number of furan rings is 1. The molecule has 2 rings (SSSR count). The normalized spacial score (nSPS) is 11.2. The fourth-order valence-corrected chi connectivity index (χ4v) is 1.53. The number of ether oxygens (including phenoxy) is 1. The molecule has 1 aromatic heterocycles. The minimum atomic E-state index is -0.323. The van der Waals surface area contributed by atoms with Gasteiger partial charge in [-0.15, -0.1) is 0 Å². The van der Waals surface area contributed by atoms with Crippen LogP contribution in [0.25, 0.3) is 0 Å². The third-order valence-corrected chi connectivity index (χ3v) is 2.56. The molecule has 0 aliphatic carbocycles. The molecule has 0 spiro atoms. The maximum atomic E-state index is 11.6. The number of hydrogen-bond acceptors (Lipinski definition) is 4. The number of rotatable bonds is 5. The van der Waals surface area contributed by atoms with E-state index < -0.39 is 0 Å². The molecule has 0 atom stereocenters. The van der Waals surface area contributed by atoms with Crippen molar-refractivity contribution in [2.75, 3.05) is 6.61 Å². The number of hydrogen-bond donors (Lipinski definition) is 1. The van der Waals surface area contributed by atoms with Crippen LogP contribution in [0.4, 0.5) is 0 Å². The fourth-order valence-electron chi connectivity index (χ4n) is 1.53. The second-order valence-electron chi connectivity index (χ2n) is 4.24. The lowest BCUT2D eigenvalue weighted by Gasteiger charge is -2.04. The molecular formula is C15H16N2O3. The van der Waals surface area contributed by atoms with Gasteiger partial charge in [-0.3, -0.25) is 4.79 Å². The number of amides is 1. The zero-order valence-electron chi connectivity index (χ0n) is 11.4. The molecule has 104 valence electrons. The van der Waals surface area contributed by atoms with Crippen LogP contribution in [0, 0.1) is 6.92 Å². The van der Waals surface area contributed by atoms with Gasteiger partial charge in [-0.1, -0.05) is 18.2 Å². The molecule has 1 N–H and O–H groups in total. The Bertz CT molecular complexity index is 603. The zero-order valence-corrected chi connectivity index (χ0v) is 11.4. The molecule has 1 amide bonds. The molecule has 0 saturated carbocycles. The third kappa shape index (κ3) is 3.98. The second kappa shape index (κ2) is 6.56. The summed E-state index contributed by atoms with van der Waals surface area (Å²) in [6, 6.07) is 12.8. The molecule has 0 unspecified atom stereocenters. The maximum absolute atomic E-state index is 11.6. The highest BCUT2D eigenvalue weighted by atomic mass is 16.5. The Kier molecular flexibility index (Phi) is 4.55. The van der Waals surface area contributed by atoms with E-state index in [4.69, 9.17) is 9.15 Å². The summed E-state index contributed by atoms with van der Waals surface area (Å²) in [6.45, 7) is 3.53. The molecule has 0 radical (unpaired) electrons. The smallest absolute Gasteiger partial charge is 0.277 e. The zero-order chi connectivity index (χ0) is 14.4. The van der Waals surface area contributed by atoms with Crippen molar-refractivity contribution in [1.29, 1.82) is 0 Å². The van der Waals surface area contributed by atoms with Gasteiger partial charge in [-0.25, -0.2) is 5.43 Å². The third-order valence-electron chi connectivity index (χ3n) is 2.56. The first-order chi connectivity index (χ1) is 9.65. The van der Waals surface area contributed by atoms with Gasteiger partial charge in [0.1, 0.15) is 23.0 Å². The summed E-state index contributed by atoms with van der Waals surface area (Å²) < 4.78 is 10.7. The topological polar surface area (TPSA) is 63.8 Å². The van der Waals surface area contributed by atoms with Crippen LogP contribution in [0.1, 0.15) is 18.4 Å². The number of carbonyl (C=O) groups is 1. The summed E-state index contributed by atoms with van der Waals surface area (Å²) in [5.74, 6) is 1.75. The Morgan fingerprint density at radius 3 is 2.65 bits per heavy atom. The molecular weight excluding hydrogens is 256 g/mol. The molecule has 0 bridgehead atoms. The molecule has 0 saturated heterocycles. The van der Waals surface area contributed by atoms with Crippen LogP contribution in [0.2, 0.25) is 0 Å². The van der Waals surface area contributed by atoms with E-state index in [1.165, 1.54) is 0 Å². The van der Waals surface area contributed by atoms with Gasteiger partial charge in [-0.05, 0) is 38.1 Å². The summed E-state index contributed by atoms with van der Waals surface area (Å²) in [5, 5.41) is 3.96. The van der Waals surface area contributed by atoms with E-state index in [0.29, 0.717) is 17.2 Å². The van der Waals surface area contributed by atoms with Crippen molar-refractivity contribution in [3.05, 3.63) is 54.0 Å². The largest absolute Gasteiger partial charge is 0.484 e. The molecule has 0 aliphatic heterocycles. The first-order valence-electron chi connectivity index (χ1n) is 6.23. The average Bonchev–Trinajstić information content (AvgIpc) is 2.90. The molecule has 0 aliphatic rings. The Hall–Kier alpha value is -2.56. The first kappa shape index (κ1) is 13.9. The molecule has 5 heteroatoms. The predicted molar refractivity (Wildman–Crippen MR) is 75.7 cm³/mol. The molecule has 5 nitrogen and oxygen atoms in total. The van der Waals surface area contributed by atoms with Gasteiger partial charge in [0.15, 0.2) is 6.61 Å². The van der Waals surface area contributed by atoms with Crippen molar-refractivity contribution < 1.29 is 13.9 Å². The molecule has 20 heavy (non-hydrogen) atoms. The van der Waals surface area contributed by atoms with E-state index in [1.807, 2.05) is 31.2 Å². The van der Waals surface area contributed by atoms with E-state index in [1.54, 1.807) is 25.1 Å². The second-order valence-corrected chi connectivity index (χ2v) is 4.24. The fraction of sp³-hybridized carbons (Fsp3) is 0.200. The lowest BCUT2D eigenvalue weighted by molar-refractivity contribution is -0.123.